The molecule has 0 N–H and O–H groups in total. The third-order valence-electron chi connectivity index (χ3n) is 12.4. The van der Waals surface area contributed by atoms with E-state index >= 15 is 0 Å². The fourth-order valence-corrected chi connectivity index (χ4v) is 10.7. The lowest BCUT2D eigenvalue weighted by Gasteiger charge is -2.60. The predicted molar refractivity (Wildman–Crippen MR) is 156 cm³/mol. The second-order valence-corrected chi connectivity index (χ2v) is 15.0. The van der Waals surface area contributed by atoms with Crippen molar-refractivity contribution in [2.75, 3.05) is 0 Å². The van der Waals surface area contributed by atoms with Crippen molar-refractivity contribution in [3.8, 4) is 11.1 Å². The van der Waals surface area contributed by atoms with Gasteiger partial charge in [-0.25, -0.2) is 0 Å². The van der Waals surface area contributed by atoms with Gasteiger partial charge in [0.05, 0.1) is 6.26 Å². The van der Waals surface area contributed by atoms with Crippen molar-refractivity contribution in [2.45, 2.75) is 105 Å². The van der Waals surface area contributed by atoms with Gasteiger partial charge in [0.1, 0.15) is 5.76 Å². The Morgan fingerprint density at radius 3 is 2.49 bits per heavy atom. The Morgan fingerprint density at radius 2 is 1.70 bits per heavy atom. The number of hydrogen-bond acceptors (Lipinski definition) is 1. The maximum absolute atomic E-state index is 6.61. The van der Waals surface area contributed by atoms with E-state index in [4.69, 9.17) is 16.0 Å². The lowest BCUT2D eigenvalue weighted by atomic mass is 9.44. The lowest BCUT2D eigenvalue weighted by Crippen LogP contribution is -2.54. The Balaban J connectivity index is 1.22. The number of benzene rings is 1. The average molecular weight is 521 g/mol. The van der Waals surface area contributed by atoms with Crippen LogP contribution in [0.15, 0.2) is 34.9 Å². The summed E-state index contributed by atoms with van der Waals surface area (Å²) < 4.78 is 6.34. The van der Waals surface area contributed by atoms with Crippen LogP contribution in [0.3, 0.4) is 0 Å². The van der Waals surface area contributed by atoms with Crippen LogP contribution in [0.1, 0.15) is 104 Å². The van der Waals surface area contributed by atoms with Crippen LogP contribution < -0.4 is 0 Å². The van der Waals surface area contributed by atoms with Crippen LogP contribution in [0.4, 0.5) is 0 Å². The SMILES string of the molecule is CC(C)CCC[C@@H](C)[C@@H]1CC[C@@H]2[C@H]3CC[C@@H]4Cc5c(-c6ccccc6Cl)coc5C[C@]4(C)[C@H]3CC[C@@]21C. The van der Waals surface area contributed by atoms with E-state index in [1.165, 1.54) is 81.1 Å². The van der Waals surface area contributed by atoms with Gasteiger partial charge in [0.25, 0.3) is 0 Å². The van der Waals surface area contributed by atoms with Gasteiger partial charge in [-0.2, -0.15) is 0 Å². The van der Waals surface area contributed by atoms with Gasteiger partial charge in [-0.05, 0) is 103 Å². The third-order valence-corrected chi connectivity index (χ3v) is 12.7. The van der Waals surface area contributed by atoms with Crippen LogP contribution in [-0.4, -0.2) is 0 Å². The van der Waals surface area contributed by atoms with Crippen molar-refractivity contribution in [2.24, 2.45) is 52.3 Å². The van der Waals surface area contributed by atoms with E-state index in [-0.39, 0.29) is 0 Å². The summed E-state index contributed by atoms with van der Waals surface area (Å²) in [7, 11) is 0. The maximum atomic E-state index is 6.61. The van der Waals surface area contributed by atoms with Crippen molar-refractivity contribution >= 4 is 11.6 Å². The molecule has 1 heterocycles. The predicted octanol–water partition coefficient (Wildman–Crippen LogP) is 10.6. The van der Waals surface area contributed by atoms with Crippen LogP contribution in [0, 0.1) is 52.3 Å². The Labute approximate surface area is 231 Å². The fraction of sp³-hybridized carbons (Fsp3) is 0.714. The molecule has 2 aromatic rings. The quantitative estimate of drug-likeness (QED) is 0.369. The normalized spacial score (nSPS) is 37.5. The summed E-state index contributed by atoms with van der Waals surface area (Å²) in [5.41, 5.74) is 4.79. The molecule has 37 heavy (non-hydrogen) atoms. The third kappa shape index (κ3) is 4.25. The Bertz CT molecular complexity index is 1110. The topological polar surface area (TPSA) is 13.1 Å². The summed E-state index contributed by atoms with van der Waals surface area (Å²) in [5.74, 6) is 7.43. The van der Waals surface area contributed by atoms with Crippen LogP contribution in [0.2, 0.25) is 5.02 Å². The fourth-order valence-electron chi connectivity index (χ4n) is 10.5. The highest BCUT2D eigenvalue weighted by atomic mass is 35.5. The first-order valence-electron chi connectivity index (χ1n) is 15.6. The molecular formula is C35H49ClO. The number of hydrogen-bond donors (Lipinski definition) is 0. The standard InChI is InChI=1S/C35H49ClO/c1-22(2)9-8-10-23(3)29-15-16-30-26-14-13-24-19-27-28(25-11-6-7-12-32(25)36)21-37-33(27)20-35(24,5)31(26)17-18-34(29,30)4/h6-7,11-12,21-24,26,29-31H,8-10,13-20H2,1-5H3/t23-,24-,26-,29+,30-,31+,34-,35+/m1/s1. The van der Waals surface area contributed by atoms with E-state index in [0.29, 0.717) is 10.8 Å². The zero-order valence-electron chi connectivity index (χ0n) is 24.0. The van der Waals surface area contributed by atoms with Crippen LogP contribution in [0.25, 0.3) is 11.1 Å². The van der Waals surface area contributed by atoms with Gasteiger partial charge in [-0.1, -0.05) is 83.7 Å². The highest BCUT2D eigenvalue weighted by Gasteiger charge is 2.60. The molecule has 1 aromatic carbocycles. The molecule has 4 aliphatic rings. The molecule has 0 radical (unpaired) electrons. The molecule has 8 atom stereocenters. The molecule has 0 saturated heterocycles. The van der Waals surface area contributed by atoms with Crippen LogP contribution in [0.5, 0.6) is 0 Å². The highest BCUT2D eigenvalue weighted by Crippen LogP contribution is 2.68. The highest BCUT2D eigenvalue weighted by molar-refractivity contribution is 6.33. The molecule has 1 nitrogen and oxygen atoms in total. The van der Waals surface area contributed by atoms with Crippen molar-refractivity contribution in [1.29, 1.82) is 0 Å². The minimum Gasteiger partial charge on any atom is -0.468 e. The molecular weight excluding hydrogens is 472 g/mol. The van der Waals surface area contributed by atoms with E-state index in [1.54, 1.807) is 0 Å². The van der Waals surface area contributed by atoms with E-state index < -0.39 is 0 Å². The Kier molecular flexibility index (Phi) is 6.87. The summed E-state index contributed by atoms with van der Waals surface area (Å²) >= 11 is 6.61. The van der Waals surface area contributed by atoms with Crippen molar-refractivity contribution < 1.29 is 4.42 Å². The number of halogens is 1. The molecule has 6 rings (SSSR count). The van der Waals surface area contributed by atoms with Gasteiger partial charge in [-0.15, -0.1) is 0 Å². The van der Waals surface area contributed by atoms with Gasteiger partial charge in [0.2, 0.25) is 0 Å². The van der Waals surface area contributed by atoms with E-state index in [0.717, 1.165) is 58.4 Å². The summed E-state index contributed by atoms with van der Waals surface area (Å²) in [6.45, 7) is 12.7. The molecule has 0 aliphatic heterocycles. The molecule has 0 unspecified atom stereocenters. The first kappa shape index (κ1) is 26.0. The second-order valence-electron chi connectivity index (χ2n) is 14.6. The minimum atomic E-state index is 0.383. The summed E-state index contributed by atoms with van der Waals surface area (Å²) in [6, 6.07) is 8.28. The monoisotopic (exact) mass is 520 g/mol. The molecule has 2 heteroatoms. The van der Waals surface area contributed by atoms with E-state index in [2.05, 4.69) is 46.8 Å². The molecule has 3 fully saturated rings. The van der Waals surface area contributed by atoms with Crippen molar-refractivity contribution in [1.82, 2.24) is 0 Å². The van der Waals surface area contributed by atoms with E-state index in [9.17, 15) is 0 Å². The Morgan fingerprint density at radius 1 is 0.919 bits per heavy atom. The largest absolute Gasteiger partial charge is 0.468 e. The summed E-state index contributed by atoms with van der Waals surface area (Å²) in [5, 5.41) is 0.837. The molecule has 202 valence electrons. The van der Waals surface area contributed by atoms with Gasteiger partial charge >= 0.3 is 0 Å². The smallest absolute Gasteiger partial charge is 0.108 e. The Hall–Kier alpha value is -1.21. The van der Waals surface area contributed by atoms with Gasteiger partial charge in [-0.3, -0.25) is 0 Å². The summed E-state index contributed by atoms with van der Waals surface area (Å²) in [6.07, 6.45) is 17.3. The molecule has 0 spiro atoms. The van der Waals surface area contributed by atoms with Crippen molar-refractivity contribution in [3.05, 3.63) is 46.9 Å². The zero-order valence-corrected chi connectivity index (χ0v) is 24.7. The van der Waals surface area contributed by atoms with Gasteiger partial charge in [0, 0.05) is 28.1 Å². The maximum Gasteiger partial charge on any atom is 0.108 e. The minimum absolute atomic E-state index is 0.383. The van der Waals surface area contributed by atoms with Gasteiger partial charge < -0.3 is 4.42 Å². The second kappa shape index (κ2) is 9.76. The van der Waals surface area contributed by atoms with Crippen LogP contribution in [-0.2, 0) is 12.8 Å². The van der Waals surface area contributed by atoms with Crippen LogP contribution >= 0.6 is 11.6 Å². The molecule has 0 amide bonds. The molecule has 4 aliphatic carbocycles. The number of rotatable bonds is 6. The number of fused-ring (bicyclic) bond motifs is 6. The van der Waals surface area contributed by atoms with E-state index in [1.807, 2.05) is 18.4 Å². The first-order valence-corrected chi connectivity index (χ1v) is 15.9. The molecule has 3 saturated carbocycles. The average Bonchev–Trinajstić information content (AvgIpc) is 3.42. The lowest BCUT2D eigenvalue weighted by molar-refractivity contribution is -0.105. The first-order chi connectivity index (χ1) is 17.7. The molecule has 0 bridgehead atoms. The zero-order chi connectivity index (χ0) is 25.9. The summed E-state index contributed by atoms with van der Waals surface area (Å²) in [4.78, 5) is 0. The van der Waals surface area contributed by atoms with Crippen molar-refractivity contribution in [3.63, 3.8) is 0 Å². The van der Waals surface area contributed by atoms with Gasteiger partial charge in [0.15, 0.2) is 0 Å². The molecule has 1 aromatic heterocycles. The number of furan rings is 1.